The van der Waals surface area contributed by atoms with Crippen LogP contribution in [0, 0.1) is 5.92 Å². The average Bonchev–Trinajstić information content (AvgIpc) is 2.41. The second kappa shape index (κ2) is 6.97. The largest absolute Gasteiger partial charge is 0.0915 e. The first kappa shape index (κ1) is 13.6. The van der Waals surface area contributed by atoms with Gasteiger partial charge in [-0.25, -0.2) is 0 Å². The van der Waals surface area contributed by atoms with E-state index in [0.29, 0.717) is 0 Å². The Morgan fingerprint density at radius 3 is 2.28 bits per heavy atom. The second-order valence-corrected chi connectivity index (χ2v) is 6.14. The van der Waals surface area contributed by atoms with E-state index in [0.717, 1.165) is 5.92 Å². The maximum absolute atomic E-state index is 4.27. The lowest BCUT2D eigenvalue weighted by Gasteiger charge is -2.19. The highest BCUT2D eigenvalue weighted by atomic mass is 14.2. The smallest absolute Gasteiger partial charge is 0.0228 e. The third-order valence-corrected chi connectivity index (χ3v) is 4.52. The fraction of sp³-hybridized carbons (Fsp3) is 0.667. The summed E-state index contributed by atoms with van der Waals surface area (Å²) < 4.78 is 0. The summed E-state index contributed by atoms with van der Waals surface area (Å²) in [5, 5.41) is 0. The first-order valence-electron chi connectivity index (χ1n) is 7.83. The summed E-state index contributed by atoms with van der Waals surface area (Å²) >= 11 is 0. The third-order valence-electron chi connectivity index (χ3n) is 4.52. The van der Waals surface area contributed by atoms with Crippen LogP contribution in [-0.4, -0.2) is 0 Å². The summed E-state index contributed by atoms with van der Waals surface area (Å²) in [6, 6.07) is 0. The Kier molecular flexibility index (Phi) is 5.28. The lowest BCUT2D eigenvalue weighted by Crippen LogP contribution is -2.04. The van der Waals surface area contributed by atoms with E-state index in [9.17, 15) is 0 Å². The predicted molar refractivity (Wildman–Crippen MR) is 80.6 cm³/mol. The highest BCUT2D eigenvalue weighted by molar-refractivity contribution is 5.38. The van der Waals surface area contributed by atoms with Gasteiger partial charge in [0.25, 0.3) is 0 Å². The highest BCUT2D eigenvalue weighted by Gasteiger charge is 2.11. The van der Waals surface area contributed by atoms with Crippen LogP contribution in [0.1, 0.15) is 71.1 Å². The first-order chi connectivity index (χ1) is 8.75. The molecule has 2 aliphatic rings. The SMILES string of the molecule is C=C(C=C1CCCCC1)/C(C)=C/C1CCCCC1. The number of hydrogen-bond donors (Lipinski definition) is 0. The van der Waals surface area contributed by atoms with Gasteiger partial charge in [-0.05, 0) is 62.5 Å². The van der Waals surface area contributed by atoms with Gasteiger partial charge in [0.05, 0.1) is 0 Å². The van der Waals surface area contributed by atoms with Gasteiger partial charge in [-0.2, -0.15) is 0 Å². The molecule has 0 atom stereocenters. The van der Waals surface area contributed by atoms with Crippen LogP contribution in [0.15, 0.2) is 35.5 Å². The Bertz CT molecular complexity index is 329. The van der Waals surface area contributed by atoms with Gasteiger partial charge < -0.3 is 0 Å². The molecule has 0 unspecified atom stereocenters. The lowest BCUT2D eigenvalue weighted by molar-refractivity contribution is 0.418. The Labute approximate surface area is 113 Å². The second-order valence-electron chi connectivity index (χ2n) is 6.14. The van der Waals surface area contributed by atoms with Gasteiger partial charge in [-0.3, -0.25) is 0 Å². The van der Waals surface area contributed by atoms with E-state index >= 15 is 0 Å². The van der Waals surface area contributed by atoms with Crippen molar-refractivity contribution >= 4 is 0 Å². The zero-order valence-electron chi connectivity index (χ0n) is 12.0. The van der Waals surface area contributed by atoms with Crippen molar-refractivity contribution in [1.29, 1.82) is 0 Å². The predicted octanol–water partition coefficient (Wildman–Crippen LogP) is 5.96. The fourth-order valence-corrected chi connectivity index (χ4v) is 3.27. The van der Waals surface area contributed by atoms with Gasteiger partial charge in [-0.15, -0.1) is 0 Å². The van der Waals surface area contributed by atoms with Crippen molar-refractivity contribution in [3.63, 3.8) is 0 Å². The molecule has 2 saturated carbocycles. The van der Waals surface area contributed by atoms with Gasteiger partial charge in [-0.1, -0.05) is 50.0 Å². The average molecular weight is 244 g/mol. The highest BCUT2D eigenvalue weighted by Crippen LogP contribution is 2.28. The minimum atomic E-state index is 0.820. The Balaban J connectivity index is 1.92. The Hall–Kier alpha value is -0.780. The van der Waals surface area contributed by atoms with Crippen molar-refractivity contribution in [3.8, 4) is 0 Å². The Morgan fingerprint density at radius 1 is 1.00 bits per heavy atom. The molecule has 0 heteroatoms. The molecular formula is C18H28. The number of allylic oxidation sites excluding steroid dienone is 5. The maximum Gasteiger partial charge on any atom is -0.0228 e. The molecule has 18 heavy (non-hydrogen) atoms. The third kappa shape index (κ3) is 4.15. The van der Waals surface area contributed by atoms with Crippen molar-refractivity contribution in [1.82, 2.24) is 0 Å². The molecule has 0 aliphatic heterocycles. The van der Waals surface area contributed by atoms with Crippen LogP contribution >= 0.6 is 0 Å². The molecule has 0 aromatic rings. The van der Waals surface area contributed by atoms with E-state index in [1.807, 2.05) is 0 Å². The van der Waals surface area contributed by atoms with E-state index in [4.69, 9.17) is 0 Å². The van der Waals surface area contributed by atoms with Crippen LogP contribution in [0.3, 0.4) is 0 Å². The zero-order valence-corrected chi connectivity index (χ0v) is 12.0. The van der Waals surface area contributed by atoms with E-state index in [1.165, 1.54) is 75.4 Å². The Morgan fingerprint density at radius 2 is 1.61 bits per heavy atom. The normalized spacial score (nSPS) is 22.9. The summed E-state index contributed by atoms with van der Waals surface area (Å²) in [5.74, 6) is 0.820. The molecule has 0 amide bonds. The summed E-state index contributed by atoms with van der Waals surface area (Å²) in [5.41, 5.74) is 4.31. The van der Waals surface area contributed by atoms with Crippen LogP contribution in [0.25, 0.3) is 0 Å². The molecule has 0 N–H and O–H groups in total. The minimum Gasteiger partial charge on any atom is -0.0915 e. The van der Waals surface area contributed by atoms with Gasteiger partial charge in [0, 0.05) is 0 Å². The molecule has 0 spiro atoms. The molecule has 0 nitrogen and oxygen atoms in total. The number of hydrogen-bond acceptors (Lipinski definition) is 0. The van der Waals surface area contributed by atoms with Crippen LogP contribution in [0.4, 0.5) is 0 Å². The van der Waals surface area contributed by atoms with Crippen molar-refractivity contribution in [3.05, 3.63) is 35.5 Å². The maximum atomic E-state index is 4.27. The van der Waals surface area contributed by atoms with Crippen molar-refractivity contribution in [2.24, 2.45) is 5.92 Å². The van der Waals surface area contributed by atoms with Crippen molar-refractivity contribution < 1.29 is 0 Å². The molecule has 2 aliphatic carbocycles. The molecule has 0 aromatic heterocycles. The van der Waals surface area contributed by atoms with Crippen molar-refractivity contribution in [2.75, 3.05) is 0 Å². The van der Waals surface area contributed by atoms with Gasteiger partial charge >= 0.3 is 0 Å². The summed E-state index contributed by atoms with van der Waals surface area (Å²) in [6.07, 6.45) is 18.7. The molecule has 100 valence electrons. The lowest BCUT2D eigenvalue weighted by atomic mass is 9.86. The molecule has 2 fully saturated rings. The number of rotatable bonds is 3. The molecule has 0 heterocycles. The molecule has 0 aromatic carbocycles. The van der Waals surface area contributed by atoms with Gasteiger partial charge in [0.2, 0.25) is 0 Å². The van der Waals surface area contributed by atoms with Gasteiger partial charge in [0.1, 0.15) is 0 Å². The molecule has 0 bridgehead atoms. The quantitative estimate of drug-likeness (QED) is 0.537. The van der Waals surface area contributed by atoms with E-state index < -0.39 is 0 Å². The molecule has 0 radical (unpaired) electrons. The van der Waals surface area contributed by atoms with E-state index in [2.05, 4.69) is 25.7 Å². The van der Waals surface area contributed by atoms with Crippen LogP contribution in [0.5, 0.6) is 0 Å². The van der Waals surface area contributed by atoms with E-state index in [-0.39, 0.29) is 0 Å². The van der Waals surface area contributed by atoms with Gasteiger partial charge in [0.15, 0.2) is 0 Å². The molecule has 2 rings (SSSR count). The van der Waals surface area contributed by atoms with Crippen LogP contribution < -0.4 is 0 Å². The summed E-state index contributed by atoms with van der Waals surface area (Å²) in [4.78, 5) is 0. The monoisotopic (exact) mass is 244 g/mol. The molecular weight excluding hydrogens is 216 g/mol. The van der Waals surface area contributed by atoms with E-state index in [1.54, 1.807) is 5.57 Å². The molecule has 0 saturated heterocycles. The first-order valence-corrected chi connectivity index (χ1v) is 7.83. The zero-order chi connectivity index (χ0) is 12.8. The standard InChI is InChI=1S/C18H28/c1-15(13-17-9-5-3-6-10-17)16(2)14-18-11-7-4-8-12-18/h13-14,18H,1,3-12H2,2H3/b16-14+. The topological polar surface area (TPSA) is 0 Å². The van der Waals surface area contributed by atoms with Crippen LogP contribution in [0.2, 0.25) is 0 Å². The fourth-order valence-electron chi connectivity index (χ4n) is 3.27. The van der Waals surface area contributed by atoms with Crippen molar-refractivity contribution in [2.45, 2.75) is 71.1 Å². The minimum absolute atomic E-state index is 0.820. The summed E-state index contributed by atoms with van der Waals surface area (Å²) in [7, 11) is 0. The summed E-state index contributed by atoms with van der Waals surface area (Å²) in [6.45, 7) is 6.52. The van der Waals surface area contributed by atoms with Crippen LogP contribution in [-0.2, 0) is 0 Å².